The van der Waals surface area contributed by atoms with Crippen molar-refractivity contribution in [2.24, 2.45) is 0 Å². The molecule has 0 radical (unpaired) electrons. The predicted octanol–water partition coefficient (Wildman–Crippen LogP) is 2.36. The standard InChI is InChI=1S/2C11H12O5/c2*1-6(12)10(13)7-4-8(15-2)11(14)9(5-7)16-3/h2*4-5,14H,1-3H3. The predicted molar refractivity (Wildman–Crippen MR) is 112 cm³/mol. The third-order valence-electron chi connectivity index (χ3n) is 4.12. The van der Waals surface area contributed by atoms with Crippen molar-refractivity contribution in [3.05, 3.63) is 35.4 Å². The van der Waals surface area contributed by atoms with Gasteiger partial charge in [-0.2, -0.15) is 0 Å². The molecular weight excluding hydrogens is 424 g/mol. The van der Waals surface area contributed by atoms with Gasteiger partial charge >= 0.3 is 0 Å². The van der Waals surface area contributed by atoms with Crippen LogP contribution >= 0.6 is 0 Å². The van der Waals surface area contributed by atoms with E-state index in [9.17, 15) is 29.4 Å². The summed E-state index contributed by atoms with van der Waals surface area (Å²) >= 11 is 0. The van der Waals surface area contributed by atoms with Gasteiger partial charge in [0.15, 0.2) is 34.6 Å². The van der Waals surface area contributed by atoms with Gasteiger partial charge in [0.25, 0.3) is 0 Å². The summed E-state index contributed by atoms with van der Waals surface area (Å²) in [5.74, 6) is -2.55. The Morgan fingerprint density at radius 3 is 0.938 bits per heavy atom. The fourth-order valence-corrected chi connectivity index (χ4v) is 2.46. The van der Waals surface area contributed by atoms with Gasteiger partial charge in [-0.05, 0) is 24.3 Å². The van der Waals surface area contributed by atoms with E-state index >= 15 is 0 Å². The minimum absolute atomic E-state index is 0.0870. The molecule has 2 rings (SSSR count). The Kier molecular flexibility index (Phi) is 9.21. The molecule has 0 bridgehead atoms. The highest BCUT2D eigenvalue weighted by molar-refractivity contribution is 6.43. The average molecular weight is 448 g/mol. The number of ether oxygens (including phenoxy) is 4. The zero-order chi connectivity index (χ0) is 24.6. The molecule has 0 fully saturated rings. The summed E-state index contributed by atoms with van der Waals surface area (Å²) in [6.07, 6.45) is 0. The number of rotatable bonds is 8. The highest BCUT2D eigenvalue weighted by Crippen LogP contribution is 2.38. The summed E-state index contributed by atoms with van der Waals surface area (Å²) in [5.41, 5.74) is 0.248. The summed E-state index contributed by atoms with van der Waals surface area (Å²) in [6.45, 7) is 2.35. The lowest BCUT2D eigenvalue weighted by atomic mass is 10.1. The number of carbonyl (C=O) groups excluding carboxylic acids is 4. The Bertz CT molecular complexity index is 905. The first-order chi connectivity index (χ1) is 15.0. The van der Waals surface area contributed by atoms with E-state index in [1.807, 2.05) is 0 Å². The maximum absolute atomic E-state index is 11.4. The second-order valence-corrected chi connectivity index (χ2v) is 6.23. The zero-order valence-corrected chi connectivity index (χ0v) is 18.5. The molecule has 0 heterocycles. The largest absolute Gasteiger partial charge is 0.502 e. The molecule has 0 aromatic heterocycles. The molecule has 0 atom stereocenters. The fraction of sp³-hybridized carbons (Fsp3) is 0.273. The highest BCUT2D eigenvalue weighted by atomic mass is 16.5. The molecule has 32 heavy (non-hydrogen) atoms. The second kappa shape index (κ2) is 11.3. The second-order valence-electron chi connectivity index (χ2n) is 6.23. The van der Waals surface area contributed by atoms with Crippen LogP contribution in [0.3, 0.4) is 0 Å². The maximum atomic E-state index is 11.4. The number of hydrogen-bond donors (Lipinski definition) is 2. The number of phenols is 2. The lowest BCUT2D eigenvalue weighted by molar-refractivity contribution is -0.113. The van der Waals surface area contributed by atoms with Gasteiger partial charge in [0, 0.05) is 25.0 Å². The molecule has 10 heteroatoms. The maximum Gasteiger partial charge on any atom is 0.228 e. The van der Waals surface area contributed by atoms with Gasteiger partial charge < -0.3 is 29.2 Å². The van der Waals surface area contributed by atoms with Crippen LogP contribution < -0.4 is 18.9 Å². The Labute approximate surface area is 184 Å². The SMILES string of the molecule is COc1cc(C(=O)C(C)=O)cc(OC)c1O.COc1cc(C(=O)C(C)=O)cc(OC)c1O. The van der Waals surface area contributed by atoms with Crippen LogP contribution in [0.15, 0.2) is 24.3 Å². The van der Waals surface area contributed by atoms with E-state index in [4.69, 9.17) is 18.9 Å². The molecule has 0 spiro atoms. The number of hydrogen-bond acceptors (Lipinski definition) is 10. The first-order valence-electron chi connectivity index (χ1n) is 9.02. The van der Waals surface area contributed by atoms with E-state index in [0.717, 1.165) is 0 Å². The lowest BCUT2D eigenvalue weighted by Crippen LogP contribution is -2.10. The van der Waals surface area contributed by atoms with Crippen molar-refractivity contribution in [2.75, 3.05) is 28.4 Å². The number of aromatic hydroxyl groups is 2. The highest BCUT2D eigenvalue weighted by Gasteiger charge is 2.19. The van der Waals surface area contributed by atoms with Crippen LogP contribution in [0, 0.1) is 0 Å². The van der Waals surface area contributed by atoms with Crippen molar-refractivity contribution in [2.45, 2.75) is 13.8 Å². The third kappa shape index (κ3) is 5.97. The Balaban J connectivity index is 0.000000320. The quantitative estimate of drug-likeness (QED) is 0.456. The number of methoxy groups -OCH3 is 4. The first-order valence-corrected chi connectivity index (χ1v) is 9.02. The lowest BCUT2D eigenvalue weighted by Gasteiger charge is -2.09. The van der Waals surface area contributed by atoms with E-state index in [-0.39, 0.29) is 45.6 Å². The molecular formula is C22H24O10. The Hall–Kier alpha value is -4.08. The topological polar surface area (TPSA) is 146 Å². The molecule has 0 unspecified atom stereocenters. The number of phenolic OH excluding ortho intramolecular Hbond substituents is 2. The summed E-state index contributed by atoms with van der Waals surface area (Å²) in [5, 5.41) is 19.2. The number of benzene rings is 2. The van der Waals surface area contributed by atoms with Crippen LogP contribution in [-0.2, 0) is 9.59 Å². The molecule has 0 saturated carbocycles. The van der Waals surface area contributed by atoms with Gasteiger partial charge in [0.05, 0.1) is 28.4 Å². The number of ketones is 4. The van der Waals surface area contributed by atoms with Crippen molar-refractivity contribution in [3.63, 3.8) is 0 Å². The van der Waals surface area contributed by atoms with E-state index < -0.39 is 23.1 Å². The Morgan fingerprint density at radius 2 is 0.781 bits per heavy atom. The van der Waals surface area contributed by atoms with Crippen LogP contribution in [0.4, 0.5) is 0 Å². The fourth-order valence-electron chi connectivity index (χ4n) is 2.46. The van der Waals surface area contributed by atoms with Crippen LogP contribution in [0.2, 0.25) is 0 Å². The van der Waals surface area contributed by atoms with E-state index in [1.54, 1.807) is 0 Å². The molecule has 0 aliphatic rings. The number of carbonyl (C=O) groups is 4. The minimum atomic E-state index is -0.656. The molecule has 2 aromatic carbocycles. The van der Waals surface area contributed by atoms with Crippen molar-refractivity contribution < 1.29 is 48.3 Å². The van der Waals surface area contributed by atoms with Crippen molar-refractivity contribution in [1.29, 1.82) is 0 Å². The molecule has 0 amide bonds. The molecule has 0 saturated heterocycles. The molecule has 2 N–H and O–H groups in total. The van der Waals surface area contributed by atoms with Gasteiger partial charge in [0.1, 0.15) is 0 Å². The van der Waals surface area contributed by atoms with Gasteiger partial charge in [-0.25, -0.2) is 0 Å². The van der Waals surface area contributed by atoms with Gasteiger partial charge in [-0.3, -0.25) is 19.2 Å². The molecule has 10 nitrogen and oxygen atoms in total. The van der Waals surface area contributed by atoms with Crippen LogP contribution in [0.25, 0.3) is 0 Å². The van der Waals surface area contributed by atoms with Crippen molar-refractivity contribution in [3.8, 4) is 34.5 Å². The van der Waals surface area contributed by atoms with Crippen LogP contribution in [0.5, 0.6) is 34.5 Å². The van der Waals surface area contributed by atoms with Gasteiger partial charge in [-0.15, -0.1) is 0 Å². The Morgan fingerprint density at radius 1 is 0.562 bits per heavy atom. The first kappa shape index (κ1) is 26.0. The third-order valence-corrected chi connectivity index (χ3v) is 4.12. The smallest absolute Gasteiger partial charge is 0.228 e. The summed E-state index contributed by atoms with van der Waals surface area (Å²) in [4.78, 5) is 44.8. The summed E-state index contributed by atoms with van der Waals surface area (Å²) in [7, 11) is 5.38. The molecule has 2 aromatic rings. The number of Topliss-reactive ketones (excluding diaryl/α,β-unsaturated/α-hetero) is 4. The summed E-state index contributed by atoms with van der Waals surface area (Å²) < 4.78 is 19.5. The van der Waals surface area contributed by atoms with Gasteiger partial charge in [-0.1, -0.05) is 0 Å². The minimum Gasteiger partial charge on any atom is -0.502 e. The molecule has 0 aliphatic heterocycles. The van der Waals surface area contributed by atoms with E-state index in [1.165, 1.54) is 66.6 Å². The van der Waals surface area contributed by atoms with Crippen molar-refractivity contribution >= 4 is 23.1 Å². The monoisotopic (exact) mass is 448 g/mol. The van der Waals surface area contributed by atoms with E-state index in [2.05, 4.69) is 0 Å². The molecule has 0 aliphatic carbocycles. The van der Waals surface area contributed by atoms with E-state index in [0.29, 0.717) is 0 Å². The van der Waals surface area contributed by atoms with Gasteiger partial charge in [0.2, 0.25) is 23.1 Å². The normalized spacial score (nSPS) is 9.69. The zero-order valence-electron chi connectivity index (χ0n) is 18.5. The average Bonchev–Trinajstić information content (AvgIpc) is 2.78. The van der Waals surface area contributed by atoms with Crippen LogP contribution in [-0.4, -0.2) is 61.8 Å². The molecule has 172 valence electrons. The van der Waals surface area contributed by atoms with Crippen molar-refractivity contribution in [1.82, 2.24) is 0 Å². The van der Waals surface area contributed by atoms with Crippen LogP contribution in [0.1, 0.15) is 34.6 Å². The summed E-state index contributed by atoms with van der Waals surface area (Å²) in [6, 6.07) is 5.17.